The van der Waals surface area contributed by atoms with Gasteiger partial charge in [0.15, 0.2) is 0 Å². The number of nitrogens with one attached hydrogen (secondary N) is 1. The van der Waals surface area contributed by atoms with Crippen LogP contribution in [0, 0.1) is 0 Å². The minimum absolute atomic E-state index is 0.00364. The molecule has 0 aliphatic heterocycles. The topological polar surface area (TPSA) is 60.5 Å². The predicted molar refractivity (Wildman–Crippen MR) is 94.2 cm³/mol. The van der Waals surface area contributed by atoms with E-state index in [2.05, 4.69) is 10.3 Å². The van der Waals surface area contributed by atoms with Gasteiger partial charge in [0.1, 0.15) is 11.5 Å². The van der Waals surface area contributed by atoms with Gasteiger partial charge in [-0.25, -0.2) is 4.98 Å². The molecule has 1 aromatic carbocycles. The molecule has 1 aromatic heterocycles. The van der Waals surface area contributed by atoms with Crippen molar-refractivity contribution < 1.29 is 14.3 Å². The lowest BCUT2D eigenvalue weighted by Gasteiger charge is -2.09. The molecule has 0 aliphatic rings. The molecule has 126 valence electrons. The van der Waals surface area contributed by atoms with Crippen LogP contribution in [-0.4, -0.2) is 23.5 Å². The highest BCUT2D eigenvalue weighted by atomic mass is 16.5. The van der Waals surface area contributed by atoms with Gasteiger partial charge in [0.25, 0.3) is 0 Å². The first-order chi connectivity index (χ1) is 11.6. The molecule has 5 heteroatoms. The number of hydrogen-bond donors (Lipinski definition) is 1. The van der Waals surface area contributed by atoms with Crippen LogP contribution in [0.3, 0.4) is 0 Å². The van der Waals surface area contributed by atoms with Gasteiger partial charge in [0.2, 0.25) is 12.3 Å². The molecule has 5 nitrogen and oxygen atoms in total. The van der Waals surface area contributed by atoms with Crippen molar-refractivity contribution in [1.82, 2.24) is 10.3 Å². The molecule has 1 amide bonds. The van der Waals surface area contributed by atoms with Crippen LogP contribution in [0.2, 0.25) is 0 Å². The zero-order chi connectivity index (χ0) is 17.4. The van der Waals surface area contributed by atoms with E-state index in [0.717, 1.165) is 11.3 Å². The Bertz CT molecular complexity index is 664. The number of benzene rings is 1. The van der Waals surface area contributed by atoms with Crippen molar-refractivity contribution in [2.24, 2.45) is 0 Å². The molecule has 0 spiro atoms. The lowest BCUT2D eigenvalue weighted by Crippen LogP contribution is -2.21. The average Bonchev–Trinajstić information content (AvgIpc) is 2.56. The standard InChI is InChI=1S/C19H22N2O3/c1-14(2)23-19-11-10-18(12-20-19)24-17-8-6-16(7-9-17)5-4-15(3)21-13-22/h4-15H,1-3H3,(H,21,22)/b5-4+. The van der Waals surface area contributed by atoms with Gasteiger partial charge in [0.05, 0.1) is 12.3 Å². The van der Waals surface area contributed by atoms with Crippen LogP contribution in [0.15, 0.2) is 48.7 Å². The fourth-order valence-electron chi connectivity index (χ4n) is 1.94. The minimum Gasteiger partial charge on any atom is -0.475 e. The maximum atomic E-state index is 10.3. The van der Waals surface area contributed by atoms with E-state index < -0.39 is 0 Å². The van der Waals surface area contributed by atoms with E-state index >= 15 is 0 Å². The monoisotopic (exact) mass is 326 g/mol. The van der Waals surface area contributed by atoms with E-state index in [1.54, 1.807) is 12.3 Å². The Balaban J connectivity index is 1.95. The zero-order valence-corrected chi connectivity index (χ0v) is 14.1. The third kappa shape index (κ3) is 5.76. The molecule has 24 heavy (non-hydrogen) atoms. The van der Waals surface area contributed by atoms with Crippen LogP contribution >= 0.6 is 0 Å². The molecule has 1 heterocycles. The van der Waals surface area contributed by atoms with Crippen molar-refractivity contribution in [3.63, 3.8) is 0 Å². The molecule has 0 bridgehead atoms. The normalized spacial score (nSPS) is 12.2. The fourth-order valence-corrected chi connectivity index (χ4v) is 1.94. The number of amides is 1. The summed E-state index contributed by atoms with van der Waals surface area (Å²) in [5, 5.41) is 2.67. The minimum atomic E-state index is -0.00364. The highest BCUT2D eigenvalue weighted by Gasteiger charge is 2.02. The zero-order valence-electron chi connectivity index (χ0n) is 14.1. The highest BCUT2D eigenvalue weighted by molar-refractivity contribution is 5.53. The molecular weight excluding hydrogens is 304 g/mol. The highest BCUT2D eigenvalue weighted by Crippen LogP contribution is 2.23. The Morgan fingerprint density at radius 3 is 2.33 bits per heavy atom. The van der Waals surface area contributed by atoms with Crippen LogP contribution in [-0.2, 0) is 4.79 Å². The number of carbonyl (C=O) groups excluding carboxylic acids is 1. The Hall–Kier alpha value is -2.82. The molecule has 1 N–H and O–H groups in total. The first-order valence-corrected chi connectivity index (χ1v) is 7.85. The van der Waals surface area contributed by atoms with Gasteiger partial charge in [-0.05, 0) is 44.5 Å². The summed E-state index contributed by atoms with van der Waals surface area (Å²) < 4.78 is 11.3. The van der Waals surface area contributed by atoms with Crippen molar-refractivity contribution in [1.29, 1.82) is 0 Å². The van der Waals surface area contributed by atoms with Crippen molar-refractivity contribution in [3.8, 4) is 17.4 Å². The van der Waals surface area contributed by atoms with Crippen LogP contribution < -0.4 is 14.8 Å². The first kappa shape index (κ1) is 17.5. The van der Waals surface area contributed by atoms with Gasteiger partial charge in [0, 0.05) is 12.1 Å². The smallest absolute Gasteiger partial charge is 0.213 e. The lowest BCUT2D eigenvalue weighted by atomic mass is 10.2. The molecule has 0 fully saturated rings. The second kappa shape index (κ2) is 8.72. The Kier molecular flexibility index (Phi) is 6.37. The summed E-state index contributed by atoms with van der Waals surface area (Å²) in [5.74, 6) is 1.96. The molecule has 0 radical (unpaired) electrons. The molecule has 0 aliphatic carbocycles. The number of ether oxygens (including phenoxy) is 2. The quantitative estimate of drug-likeness (QED) is 0.749. The number of hydrogen-bond acceptors (Lipinski definition) is 4. The van der Waals surface area contributed by atoms with Gasteiger partial charge in [-0.3, -0.25) is 4.79 Å². The number of rotatable bonds is 8. The van der Waals surface area contributed by atoms with Crippen LogP contribution in [0.5, 0.6) is 17.4 Å². The molecule has 1 atom stereocenters. The number of nitrogens with zero attached hydrogens (tertiary/aromatic N) is 1. The maximum Gasteiger partial charge on any atom is 0.213 e. The van der Waals surface area contributed by atoms with Gasteiger partial charge in [-0.15, -0.1) is 0 Å². The predicted octanol–water partition coefficient (Wildman–Crippen LogP) is 3.81. The van der Waals surface area contributed by atoms with Crippen molar-refractivity contribution >= 4 is 12.5 Å². The SMILES string of the molecule is CC(/C=C/c1ccc(Oc2ccc(OC(C)C)nc2)cc1)NC=O. The van der Waals surface area contributed by atoms with Gasteiger partial charge < -0.3 is 14.8 Å². The Morgan fingerprint density at radius 2 is 1.75 bits per heavy atom. The number of pyridine rings is 1. The van der Waals surface area contributed by atoms with Crippen LogP contribution in [0.1, 0.15) is 26.3 Å². The lowest BCUT2D eigenvalue weighted by molar-refractivity contribution is -0.109. The van der Waals surface area contributed by atoms with E-state index in [1.807, 2.05) is 63.3 Å². The summed E-state index contributed by atoms with van der Waals surface area (Å²) >= 11 is 0. The summed E-state index contributed by atoms with van der Waals surface area (Å²) in [6.07, 6.45) is 6.29. The molecule has 0 saturated heterocycles. The van der Waals surface area contributed by atoms with Crippen molar-refractivity contribution in [2.75, 3.05) is 0 Å². The number of aromatic nitrogens is 1. The summed E-state index contributed by atoms with van der Waals surface area (Å²) in [5.41, 5.74) is 1.03. The number of carbonyl (C=O) groups is 1. The maximum absolute atomic E-state index is 10.3. The second-order valence-corrected chi connectivity index (χ2v) is 5.60. The van der Waals surface area contributed by atoms with E-state index in [0.29, 0.717) is 18.0 Å². The fraction of sp³-hybridized carbons (Fsp3) is 0.263. The summed E-state index contributed by atoms with van der Waals surface area (Å²) in [6.45, 7) is 5.82. The van der Waals surface area contributed by atoms with Gasteiger partial charge in [-0.2, -0.15) is 0 Å². The van der Waals surface area contributed by atoms with Crippen LogP contribution in [0.25, 0.3) is 6.08 Å². The third-order valence-corrected chi connectivity index (χ3v) is 3.09. The summed E-state index contributed by atoms with van der Waals surface area (Å²) in [6, 6.07) is 11.3. The summed E-state index contributed by atoms with van der Waals surface area (Å²) in [4.78, 5) is 14.5. The van der Waals surface area contributed by atoms with E-state index in [4.69, 9.17) is 9.47 Å². The first-order valence-electron chi connectivity index (χ1n) is 7.85. The van der Waals surface area contributed by atoms with E-state index in [1.165, 1.54) is 0 Å². The second-order valence-electron chi connectivity index (χ2n) is 5.60. The van der Waals surface area contributed by atoms with Crippen molar-refractivity contribution in [3.05, 3.63) is 54.2 Å². The Morgan fingerprint density at radius 1 is 1.04 bits per heavy atom. The van der Waals surface area contributed by atoms with Crippen molar-refractivity contribution in [2.45, 2.75) is 32.9 Å². The molecule has 1 unspecified atom stereocenters. The largest absolute Gasteiger partial charge is 0.475 e. The molecule has 0 saturated carbocycles. The van der Waals surface area contributed by atoms with Gasteiger partial charge >= 0.3 is 0 Å². The molecular formula is C19H22N2O3. The van der Waals surface area contributed by atoms with Crippen LogP contribution in [0.4, 0.5) is 0 Å². The average molecular weight is 326 g/mol. The Labute approximate surface area is 142 Å². The molecule has 2 rings (SSSR count). The van der Waals surface area contributed by atoms with Gasteiger partial charge in [-0.1, -0.05) is 24.3 Å². The molecule has 2 aromatic rings. The third-order valence-electron chi connectivity index (χ3n) is 3.09. The van der Waals surface area contributed by atoms with E-state index in [9.17, 15) is 4.79 Å². The van der Waals surface area contributed by atoms with E-state index in [-0.39, 0.29) is 12.1 Å². The summed E-state index contributed by atoms with van der Waals surface area (Å²) in [7, 11) is 0.